The van der Waals surface area contributed by atoms with Crippen molar-refractivity contribution in [3.8, 4) is 0 Å². The predicted octanol–water partition coefficient (Wildman–Crippen LogP) is 2.51. The lowest BCUT2D eigenvalue weighted by atomic mass is 10.1. The van der Waals surface area contributed by atoms with Gasteiger partial charge in [0.1, 0.15) is 10.5 Å². The van der Waals surface area contributed by atoms with E-state index in [4.69, 9.17) is 4.74 Å². The van der Waals surface area contributed by atoms with Crippen molar-refractivity contribution in [1.29, 1.82) is 0 Å². The minimum Gasteiger partial charge on any atom is -0.444 e. The molecule has 0 unspecified atom stereocenters. The summed E-state index contributed by atoms with van der Waals surface area (Å²) in [6, 6.07) is 7.21. The van der Waals surface area contributed by atoms with Crippen molar-refractivity contribution >= 4 is 50.1 Å². The summed E-state index contributed by atoms with van der Waals surface area (Å²) in [5.41, 5.74) is 1.47. The molecule has 0 aliphatic carbocycles. The minimum absolute atomic E-state index is 0.0565. The van der Waals surface area contributed by atoms with Crippen molar-refractivity contribution in [2.45, 2.75) is 46.1 Å². The maximum absolute atomic E-state index is 12.7. The van der Waals surface area contributed by atoms with E-state index in [1.54, 1.807) is 32.9 Å². The normalized spacial score (nSPS) is 11.6. The van der Waals surface area contributed by atoms with E-state index in [1.165, 1.54) is 6.92 Å². The Hall–Kier alpha value is -3.03. The van der Waals surface area contributed by atoms with Crippen LogP contribution in [-0.2, 0) is 32.4 Å². The smallest absolute Gasteiger partial charge is 0.412 e. The van der Waals surface area contributed by atoms with Crippen molar-refractivity contribution in [3.05, 3.63) is 40.4 Å². The molecule has 0 spiro atoms. The zero-order chi connectivity index (χ0) is 26.2. The molecule has 1 aromatic carbocycles. The molecule has 11 nitrogen and oxygen atoms in total. The maximum Gasteiger partial charge on any atom is 0.412 e. The standard InChI is InChI=1S/C22H31N5O6S2/c1-14(28)25-20-27-17(18(34-20)19(29)23-12-13-24-35(5,31)32)11-8-15-6-9-16(10-7-15)26-21(30)33-22(2,3)4/h6-7,9-10,24H,8,11-13H2,1-5H3,(H,23,29)(H,26,30)(H,25,27,28). The number of nitrogens with one attached hydrogen (secondary N) is 4. The van der Waals surface area contributed by atoms with E-state index in [0.717, 1.165) is 23.2 Å². The van der Waals surface area contributed by atoms with Gasteiger partial charge >= 0.3 is 6.09 Å². The van der Waals surface area contributed by atoms with Crippen LogP contribution in [0.4, 0.5) is 15.6 Å². The summed E-state index contributed by atoms with van der Waals surface area (Å²) in [5, 5.41) is 8.23. The monoisotopic (exact) mass is 525 g/mol. The summed E-state index contributed by atoms with van der Waals surface area (Å²) >= 11 is 1.05. The van der Waals surface area contributed by atoms with Crippen LogP contribution in [0.25, 0.3) is 0 Å². The van der Waals surface area contributed by atoms with Crippen LogP contribution < -0.4 is 20.7 Å². The number of aromatic nitrogens is 1. The molecule has 0 saturated carbocycles. The number of hydrogen-bond acceptors (Lipinski definition) is 8. The minimum atomic E-state index is -3.35. The summed E-state index contributed by atoms with van der Waals surface area (Å²) in [6.45, 7) is 6.86. The van der Waals surface area contributed by atoms with Crippen LogP contribution in [0, 0.1) is 0 Å². The summed E-state index contributed by atoms with van der Waals surface area (Å²) in [5.74, 6) is -0.705. The molecule has 0 bridgehead atoms. The number of nitrogens with zero attached hydrogens (tertiary/aromatic N) is 1. The van der Waals surface area contributed by atoms with Gasteiger partial charge in [-0.2, -0.15) is 0 Å². The Bertz CT molecular complexity index is 1150. The Morgan fingerprint density at radius 2 is 1.69 bits per heavy atom. The number of sulfonamides is 1. The Morgan fingerprint density at radius 3 is 2.26 bits per heavy atom. The Balaban J connectivity index is 2.03. The summed E-state index contributed by atoms with van der Waals surface area (Å²) in [6.07, 6.45) is 1.49. The van der Waals surface area contributed by atoms with Crippen molar-refractivity contribution in [2.75, 3.05) is 30.0 Å². The molecule has 35 heavy (non-hydrogen) atoms. The lowest BCUT2D eigenvalue weighted by Crippen LogP contribution is -2.34. The van der Waals surface area contributed by atoms with Crippen molar-refractivity contribution < 1.29 is 27.5 Å². The number of ether oxygens (including phenoxy) is 1. The lowest BCUT2D eigenvalue weighted by molar-refractivity contribution is -0.114. The van der Waals surface area contributed by atoms with E-state index in [2.05, 4.69) is 25.7 Å². The topological polar surface area (TPSA) is 156 Å². The Labute approximate surface area is 209 Å². The summed E-state index contributed by atoms with van der Waals surface area (Å²) in [4.78, 5) is 40.7. The van der Waals surface area contributed by atoms with Crippen LogP contribution in [-0.4, -0.2) is 56.3 Å². The molecule has 0 saturated heterocycles. The fourth-order valence-electron chi connectivity index (χ4n) is 2.83. The van der Waals surface area contributed by atoms with Crippen LogP contribution >= 0.6 is 11.3 Å². The second-order valence-electron chi connectivity index (χ2n) is 8.72. The van der Waals surface area contributed by atoms with Gasteiger partial charge in [-0.05, 0) is 51.3 Å². The van der Waals surface area contributed by atoms with Gasteiger partial charge in [-0.3, -0.25) is 14.9 Å². The first-order chi connectivity index (χ1) is 16.2. The number of rotatable bonds is 10. The highest BCUT2D eigenvalue weighted by atomic mass is 32.2. The number of benzene rings is 1. The van der Waals surface area contributed by atoms with Crippen LogP contribution in [0.15, 0.2) is 24.3 Å². The van der Waals surface area contributed by atoms with Gasteiger partial charge in [0, 0.05) is 25.7 Å². The molecule has 0 aliphatic rings. The van der Waals surface area contributed by atoms with Gasteiger partial charge in [0.05, 0.1) is 11.9 Å². The molecule has 2 aromatic rings. The number of aryl methyl sites for hydroxylation is 2. The van der Waals surface area contributed by atoms with Crippen molar-refractivity contribution in [2.24, 2.45) is 0 Å². The maximum atomic E-state index is 12.7. The number of carbonyl (C=O) groups is 3. The highest BCUT2D eigenvalue weighted by Gasteiger charge is 2.19. The van der Waals surface area contributed by atoms with E-state index in [0.29, 0.717) is 34.2 Å². The highest BCUT2D eigenvalue weighted by molar-refractivity contribution is 7.88. The molecule has 0 fully saturated rings. The Morgan fingerprint density at radius 1 is 1.03 bits per heavy atom. The molecule has 0 atom stereocenters. The molecule has 0 aliphatic heterocycles. The van der Waals surface area contributed by atoms with E-state index < -0.39 is 27.6 Å². The van der Waals surface area contributed by atoms with E-state index in [9.17, 15) is 22.8 Å². The van der Waals surface area contributed by atoms with Gasteiger partial charge in [-0.25, -0.2) is 22.9 Å². The number of carbonyl (C=O) groups excluding carboxylic acids is 3. The molecule has 1 heterocycles. The number of thiazole rings is 1. The van der Waals surface area contributed by atoms with Gasteiger partial charge in [0.2, 0.25) is 15.9 Å². The first-order valence-electron chi connectivity index (χ1n) is 10.8. The molecule has 192 valence electrons. The van der Waals surface area contributed by atoms with Crippen molar-refractivity contribution in [3.63, 3.8) is 0 Å². The molecule has 2 rings (SSSR count). The third-order valence-electron chi connectivity index (χ3n) is 4.21. The molecule has 3 amide bonds. The van der Waals surface area contributed by atoms with Gasteiger partial charge in [-0.1, -0.05) is 23.5 Å². The zero-order valence-electron chi connectivity index (χ0n) is 20.4. The molecule has 4 N–H and O–H groups in total. The van der Waals surface area contributed by atoms with Gasteiger partial charge in [-0.15, -0.1) is 0 Å². The fraction of sp³-hybridized carbons (Fsp3) is 0.455. The van der Waals surface area contributed by atoms with Gasteiger partial charge in [0.25, 0.3) is 5.91 Å². The fourth-order valence-corrected chi connectivity index (χ4v) is 4.28. The number of anilines is 2. The zero-order valence-corrected chi connectivity index (χ0v) is 22.0. The third kappa shape index (κ3) is 10.8. The second-order valence-corrected chi connectivity index (χ2v) is 11.6. The Kier molecular flexibility index (Phi) is 9.74. The van der Waals surface area contributed by atoms with Crippen LogP contribution in [0.5, 0.6) is 0 Å². The molecule has 1 aromatic heterocycles. The second kappa shape index (κ2) is 12.1. The quantitative estimate of drug-likeness (QED) is 0.347. The predicted molar refractivity (Wildman–Crippen MR) is 135 cm³/mol. The largest absolute Gasteiger partial charge is 0.444 e. The first kappa shape index (κ1) is 28.2. The third-order valence-corrected chi connectivity index (χ3v) is 5.95. The van der Waals surface area contributed by atoms with Crippen LogP contribution in [0.1, 0.15) is 48.6 Å². The highest BCUT2D eigenvalue weighted by Crippen LogP contribution is 2.25. The molecule has 0 radical (unpaired) electrons. The SMILES string of the molecule is CC(=O)Nc1nc(CCc2ccc(NC(=O)OC(C)(C)C)cc2)c(C(=O)NCCNS(C)(=O)=O)s1. The lowest BCUT2D eigenvalue weighted by Gasteiger charge is -2.19. The molecule has 13 heteroatoms. The number of amides is 3. The van der Waals surface area contributed by atoms with Gasteiger partial charge in [0.15, 0.2) is 5.13 Å². The van der Waals surface area contributed by atoms with E-state index in [1.807, 2.05) is 12.1 Å². The van der Waals surface area contributed by atoms with E-state index >= 15 is 0 Å². The van der Waals surface area contributed by atoms with Crippen LogP contribution in [0.3, 0.4) is 0 Å². The first-order valence-corrected chi connectivity index (χ1v) is 13.5. The number of hydrogen-bond donors (Lipinski definition) is 4. The van der Waals surface area contributed by atoms with Crippen molar-refractivity contribution in [1.82, 2.24) is 15.0 Å². The molecular formula is C22H31N5O6S2. The van der Waals surface area contributed by atoms with Crippen LogP contribution in [0.2, 0.25) is 0 Å². The summed E-state index contributed by atoms with van der Waals surface area (Å²) < 4.78 is 29.8. The van der Waals surface area contributed by atoms with E-state index in [-0.39, 0.29) is 19.0 Å². The molecular weight excluding hydrogens is 494 g/mol. The average Bonchev–Trinajstić information content (AvgIpc) is 3.10. The average molecular weight is 526 g/mol. The summed E-state index contributed by atoms with van der Waals surface area (Å²) in [7, 11) is -3.35. The van der Waals surface area contributed by atoms with Gasteiger partial charge < -0.3 is 15.4 Å².